The fourth-order valence-corrected chi connectivity index (χ4v) is 1.72. The molecule has 0 unspecified atom stereocenters. The molecule has 1 aromatic carbocycles. The predicted molar refractivity (Wildman–Crippen MR) is 70.8 cm³/mol. The molecule has 1 rings (SSSR count). The molecular formula is C14H20N2O. The summed E-state index contributed by atoms with van der Waals surface area (Å²) >= 11 is 0. The molecule has 0 aliphatic rings. The molecule has 3 heteroatoms. The fraction of sp³-hybridized carbons (Fsp3) is 0.429. The van der Waals surface area contributed by atoms with Gasteiger partial charge in [0.2, 0.25) is 0 Å². The van der Waals surface area contributed by atoms with Gasteiger partial charge in [0.05, 0.1) is 6.54 Å². The van der Waals surface area contributed by atoms with E-state index in [1.807, 2.05) is 31.2 Å². The topological polar surface area (TPSA) is 44.2 Å². The second-order valence-electron chi connectivity index (χ2n) is 4.15. The first-order chi connectivity index (χ1) is 8.08. The summed E-state index contributed by atoms with van der Waals surface area (Å²) in [6.07, 6.45) is 0.927. The molecule has 0 heterocycles. The van der Waals surface area contributed by atoms with E-state index >= 15 is 0 Å². The van der Waals surface area contributed by atoms with Gasteiger partial charge in [-0.05, 0) is 38.0 Å². The number of nitrogens with zero attached hydrogens (tertiary/aromatic N) is 1. The predicted octanol–water partition coefficient (Wildman–Crippen LogP) is 2.75. The first-order valence-corrected chi connectivity index (χ1v) is 6.00. The molecule has 0 radical (unpaired) electrons. The summed E-state index contributed by atoms with van der Waals surface area (Å²) in [6.45, 7) is 6.77. The van der Waals surface area contributed by atoms with Gasteiger partial charge >= 0.3 is 0 Å². The van der Waals surface area contributed by atoms with Crippen LogP contribution in [-0.4, -0.2) is 29.6 Å². The van der Waals surface area contributed by atoms with E-state index in [4.69, 9.17) is 5.41 Å². The zero-order valence-electron chi connectivity index (χ0n) is 10.8. The molecule has 1 N–H and O–H groups in total. The van der Waals surface area contributed by atoms with Crippen molar-refractivity contribution in [2.45, 2.75) is 27.2 Å². The Balaban J connectivity index is 2.89. The van der Waals surface area contributed by atoms with Crippen molar-refractivity contribution >= 4 is 11.6 Å². The zero-order valence-corrected chi connectivity index (χ0v) is 10.8. The van der Waals surface area contributed by atoms with Crippen molar-refractivity contribution in [3.8, 4) is 0 Å². The Bertz CT molecular complexity index is 412. The van der Waals surface area contributed by atoms with Crippen LogP contribution in [0.5, 0.6) is 0 Å². The summed E-state index contributed by atoms with van der Waals surface area (Å²) < 4.78 is 0. The monoisotopic (exact) mass is 232 g/mol. The van der Waals surface area contributed by atoms with Gasteiger partial charge in [0.25, 0.3) is 5.91 Å². The third-order valence-corrected chi connectivity index (χ3v) is 2.68. The molecule has 0 bridgehead atoms. The Labute approximate surface area is 103 Å². The molecule has 0 saturated carbocycles. The van der Waals surface area contributed by atoms with E-state index in [1.54, 1.807) is 11.8 Å². The van der Waals surface area contributed by atoms with Crippen LogP contribution in [0.25, 0.3) is 0 Å². The summed E-state index contributed by atoms with van der Waals surface area (Å²) in [6, 6.07) is 7.71. The number of nitrogens with one attached hydrogen (secondary N) is 1. The van der Waals surface area contributed by atoms with Gasteiger partial charge in [0.15, 0.2) is 0 Å². The molecule has 3 nitrogen and oxygen atoms in total. The lowest BCUT2D eigenvalue weighted by atomic mass is 10.1. The van der Waals surface area contributed by atoms with Crippen LogP contribution in [0.1, 0.15) is 36.7 Å². The molecule has 0 saturated heterocycles. The summed E-state index contributed by atoms with van der Waals surface area (Å²) in [7, 11) is 0. The molecule has 0 aliphatic carbocycles. The van der Waals surface area contributed by atoms with Crippen LogP contribution in [-0.2, 0) is 6.42 Å². The lowest BCUT2D eigenvalue weighted by Gasteiger charge is -2.20. The molecule has 0 spiro atoms. The average molecular weight is 232 g/mol. The van der Waals surface area contributed by atoms with Crippen molar-refractivity contribution in [1.82, 2.24) is 4.90 Å². The first-order valence-electron chi connectivity index (χ1n) is 6.00. The second-order valence-corrected chi connectivity index (χ2v) is 4.15. The van der Waals surface area contributed by atoms with Crippen LogP contribution < -0.4 is 0 Å². The van der Waals surface area contributed by atoms with Gasteiger partial charge < -0.3 is 10.3 Å². The second kappa shape index (κ2) is 6.18. The van der Waals surface area contributed by atoms with E-state index in [0.717, 1.165) is 6.42 Å². The Hall–Kier alpha value is -1.64. The quantitative estimate of drug-likeness (QED) is 0.779. The Kier molecular flexibility index (Phi) is 4.88. The number of carbonyl (C=O) groups excluding carboxylic acids is 1. The van der Waals surface area contributed by atoms with E-state index < -0.39 is 0 Å². The lowest BCUT2D eigenvalue weighted by Crippen LogP contribution is -2.34. The van der Waals surface area contributed by atoms with E-state index in [-0.39, 0.29) is 5.91 Å². The van der Waals surface area contributed by atoms with Crippen molar-refractivity contribution in [2.75, 3.05) is 13.1 Å². The minimum Gasteiger partial charge on any atom is -0.333 e. The van der Waals surface area contributed by atoms with Crippen molar-refractivity contribution in [1.29, 1.82) is 5.41 Å². The number of rotatable bonds is 5. The highest BCUT2D eigenvalue weighted by atomic mass is 16.2. The highest BCUT2D eigenvalue weighted by Gasteiger charge is 2.14. The minimum absolute atomic E-state index is 0.00870. The number of benzene rings is 1. The van der Waals surface area contributed by atoms with Crippen LogP contribution in [0.3, 0.4) is 0 Å². The average Bonchev–Trinajstić information content (AvgIpc) is 2.35. The Morgan fingerprint density at radius 2 is 2.06 bits per heavy atom. The van der Waals surface area contributed by atoms with E-state index in [9.17, 15) is 4.79 Å². The van der Waals surface area contributed by atoms with Crippen LogP contribution >= 0.6 is 0 Å². The van der Waals surface area contributed by atoms with Gasteiger partial charge in [-0.1, -0.05) is 19.1 Å². The van der Waals surface area contributed by atoms with Gasteiger partial charge in [-0.2, -0.15) is 0 Å². The van der Waals surface area contributed by atoms with E-state index in [1.165, 1.54) is 5.56 Å². The fourth-order valence-electron chi connectivity index (χ4n) is 1.72. The number of amides is 1. The number of carbonyl (C=O) groups is 1. The maximum Gasteiger partial charge on any atom is 0.254 e. The van der Waals surface area contributed by atoms with Gasteiger partial charge in [0, 0.05) is 17.8 Å². The molecular weight excluding hydrogens is 212 g/mol. The highest BCUT2D eigenvalue weighted by molar-refractivity contribution is 5.97. The highest BCUT2D eigenvalue weighted by Crippen LogP contribution is 2.09. The molecule has 17 heavy (non-hydrogen) atoms. The maximum absolute atomic E-state index is 12.2. The number of hydrogen-bond donors (Lipinski definition) is 1. The summed E-state index contributed by atoms with van der Waals surface area (Å²) in [5, 5.41) is 7.47. The van der Waals surface area contributed by atoms with Crippen LogP contribution in [0.15, 0.2) is 24.3 Å². The van der Waals surface area contributed by atoms with Gasteiger partial charge in [-0.15, -0.1) is 0 Å². The van der Waals surface area contributed by atoms with Crippen molar-refractivity contribution in [3.63, 3.8) is 0 Å². The van der Waals surface area contributed by atoms with Crippen LogP contribution in [0.4, 0.5) is 0 Å². The maximum atomic E-state index is 12.2. The Morgan fingerprint density at radius 1 is 1.35 bits per heavy atom. The SMILES string of the molecule is CCc1cccc(C(=O)N(CC)CC(C)=N)c1. The molecule has 0 aliphatic heterocycles. The number of aryl methyl sites for hydroxylation is 1. The third kappa shape index (κ3) is 3.70. The molecule has 0 atom stereocenters. The summed E-state index contributed by atoms with van der Waals surface area (Å²) in [4.78, 5) is 13.9. The third-order valence-electron chi connectivity index (χ3n) is 2.68. The smallest absolute Gasteiger partial charge is 0.254 e. The van der Waals surface area contributed by atoms with Crippen molar-refractivity contribution in [2.24, 2.45) is 0 Å². The molecule has 92 valence electrons. The molecule has 0 aromatic heterocycles. The first kappa shape index (κ1) is 13.4. The molecule has 1 amide bonds. The normalized spacial score (nSPS) is 10.1. The van der Waals surface area contributed by atoms with Crippen LogP contribution in [0.2, 0.25) is 0 Å². The van der Waals surface area contributed by atoms with Crippen molar-refractivity contribution in [3.05, 3.63) is 35.4 Å². The molecule has 1 aromatic rings. The van der Waals surface area contributed by atoms with E-state index in [2.05, 4.69) is 6.92 Å². The summed E-state index contributed by atoms with van der Waals surface area (Å²) in [5.41, 5.74) is 2.39. The van der Waals surface area contributed by atoms with Crippen LogP contribution in [0, 0.1) is 5.41 Å². The minimum atomic E-state index is 0.00870. The van der Waals surface area contributed by atoms with Crippen molar-refractivity contribution < 1.29 is 4.79 Å². The molecule has 0 fully saturated rings. The van der Waals surface area contributed by atoms with E-state index in [0.29, 0.717) is 24.4 Å². The zero-order chi connectivity index (χ0) is 12.8. The largest absolute Gasteiger partial charge is 0.333 e. The van der Waals surface area contributed by atoms with Gasteiger partial charge in [-0.25, -0.2) is 0 Å². The summed E-state index contributed by atoms with van der Waals surface area (Å²) in [5.74, 6) is 0.00870. The van der Waals surface area contributed by atoms with Gasteiger partial charge in [0.1, 0.15) is 0 Å². The number of hydrogen-bond acceptors (Lipinski definition) is 2. The lowest BCUT2D eigenvalue weighted by molar-refractivity contribution is 0.0787. The standard InChI is InChI=1S/C14H20N2O/c1-4-12-7-6-8-13(9-12)14(17)16(5-2)10-11(3)15/h6-9,15H,4-5,10H2,1-3H3. The van der Waals surface area contributed by atoms with Gasteiger partial charge in [-0.3, -0.25) is 4.79 Å². The Morgan fingerprint density at radius 3 is 2.59 bits per heavy atom.